The second kappa shape index (κ2) is 9.30. The van der Waals surface area contributed by atoms with E-state index in [0.29, 0.717) is 30.2 Å². The fourth-order valence-electron chi connectivity index (χ4n) is 1.58. The minimum absolute atomic E-state index is 0.0610. The predicted octanol–water partition coefficient (Wildman–Crippen LogP) is 2.73. The lowest BCUT2D eigenvalue weighted by atomic mass is 10.0. The van der Waals surface area contributed by atoms with E-state index in [0.717, 1.165) is 4.90 Å². The molecule has 0 aliphatic carbocycles. The van der Waals surface area contributed by atoms with Crippen molar-refractivity contribution < 1.29 is 14.6 Å². The molecule has 0 aromatic heterocycles. The standard InChI is InChI=1S/C15H22ClNO3S/c1-15(19,8-9-20-2)11-17-14(18)7-10-21-13-5-3-12(16)4-6-13/h3-6,19H,7-11H2,1-2H3,(H,17,18). The molecule has 1 rings (SSSR count). The number of carbonyl (C=O) groups excluding carboxylic acids is 1. The van der Waals surface area contributed by atoms with Crippen molar-refractivity contribution in [3.05, 3.63) is 29.3 Å². The van der Waals surface area contributed by atoms with Crippen molar-refractivity contribution in [3.8, 4) is 0 Å². The Kier molecular flexibility index (Phi) is 8.11. The number of aliphatic hydroxyl groups is 1. The third-order valence-electron chi connectivity index (χ3n) is 2.92. The molecule has 0 aliphatic rings. The number of hydrogen-bond donors (Lipinski definition) is 2. The quantitative estimate of drug-likeness (QED) is 0.683. The summed E-state index contributed by atoms with van der Waals surface area (Å²) in [5, 5.41) is 13.5. The maximum absolute atomic E-state index is 11.7. The van der Waals surface area contributed by atoms with Crippen LogP contribution in [0.4, 0.5) is 0 Å². The van der Waals surface area contributed by atoms with Gasteiger partial charge in [0.05, 0.1) is 5.60 Å². The van der Waals surface area contributed by atoms with Gasteiger partial charge in [0.15, 0.2) is 0 Å². The van der Waals surface area contributed by atoms with E-state index >= 15 is 0 Å². The van der Waals surface area contributed by atoms with Crippen molar-refractivity contribution in [2.24, 2.45) is 0 Å². The number of benzene rings is 1. The molecule has 21 heavy (non-hydrogen) atoms. The van der Waals surface area contributed by atoms with Crippen LogP contribution in [0.3, 0.4) is 0 Å². The molecule has 1 aromatic rings. The molecule has 0 spiro atoms. The van der Waals surface area contributed by atoms with E-state index in [2.05, 4.69) is 5.32 Å². The predicted molar refractivity (Wildman–Crippen MR) is 86.9 cm³/mol. The van der Waals surface area contributed by atoms with Crippen LogP contribution < -0.4 is 5.32 Å². The number of carbonyl (C=O) groups is 1. The van der Waals surface area contributed by atoms with Gasteiger partial charge in [-0.15, -0.1) is 11.8 Å². The maximum Gasteiger partial charge on any atom is 0.220 e. The second-order valence-electron chi connectivity index (χ2n) is 5.07. The van der Waals surface area contributed by atoms with Crippen LogP contribution >= 0.6 is 23.4 Å². The Labute approximate surface area is 135 Å². The fraction of sp³-hybridized carbons (Fsp3) is 0.533. The summed E-state index contributed by atoms with van der Waals surface area (Å²) >= 11 is 7.41. The Morgan fingerprint density at radius 3 is 2.71 bits per heavy atom. The molecule has 1 unspecified atom stereocenters. The van der Waals surface area contributed by atoms with E-state index in [1.54, 1.807) is 25.8 Å². The first-order valence-electron chi connectivity index (χ1n) is 6.79. The molecule has 2 N–H and O–H groups in total. The van der Waals surface area contributed by atoms with E-state index < -0.39 is 5.60 Å². The summed E-state index contributed by atoms with van der Waals surface area (Å²) in [5.74, 6) is 0.627. The van der Waals surface area contributed by atoms with Crippen LogP contribution in [0.2, 0.25) is 5.02 Å². The number of hydrogen-bond acceptors (Lipinski definition) is 4. The van der Waals surface area contributed by atoms with Crippen molar-refractivity contribution in [2.45, 2.75) is 30.3 Å². The highest BCUT2D eigenvalue weighted by atomic mass is 35.5. The molecule has 0 saturated carbocycles. The molecule has 0 heterocycles. The summed E-state index contributed by atoms with van der Waals surface area (Å²) in [6, 6.07) is 7.52. The normalized spacial score (nSPS) is 13.7. The SMILES string of the molecule is COCCC(C)(O)CNC(=O)CCSc1ccc(Cl)cc1. The summed E-state index contributed by atoms with van der Waals surface area (Å²) in [7, 11) is 1.59. The van der Waals surface area contributed by atoms with Gasteiger partial charge in [-0.05, 0) is 31.2 Å². The summed E-state index contributed by atoms with van der Waals surface area (Å²) in [6.45, 7) is 2.39. The Morgan fingerprint density at radius 1 is 1.43 bits per heavy atom. The first-order valence-corrected chi connectivity index (χ1v) is 8.16. The van der Waals surface area contributed by atoms with E-state index in [1.807, 2.05) is 24.3 Å². The molecule has 0 saturated heterocycles. The maximum atomic E-state index is 11.7. The van der Waals surface area contributed by atoms with E-state index in [1.165, 1.54) is 0 Å². The van der Waals surface area contributed by atoms with Crippen LogP contribution in [0, 0.1) is 0 Å². The summed E-state index contributed by atoms with van der Waals surface area (Å²) < 4.78 is 4.92. The molecule has 1 amide bonds. The number of rotatable bonds is 9. The van der Waals surface area contributed by atoms with Gasteiger partial charge in [-0.1, -0.05) is 11.6 Å². The molecule has 0 radical (unpaired) electrons. The zero-order chi connectivity index (χ0) is 15.7. The average Bonchev–Trinajstić information content (AvgIpc) is 2.45. The molecule has 6 heteroatoms. The Hall–Kier alpha value is -0.750. The highest BCUT2D eigenvalue weighted by Gasteiger charge is 2.20. The number of halogens is 1. The third-order valence-corrected chi connectivity index (χ3v) is 4.19. The third kappa shape index (κ3) is 8.31. The van der Waals surface area contributed by atoms with Crippen LogP contribution in [-0.4, -0.2) is 42.6 Å². The van der Waals surface area contributed by atoms with Gasteiger partial charge in [-0.3, -0.25) is 4.79 Å². The van der Waals surface area contributed by atoms with E-state index in [9.17, 15) is 9.90 Å². The highest BCUT2D eigenvalue weighted by molar-refractivity contribution is 7.99. The van der Waals surface area contributed by atoms with E-state index in [-0.39, 0.29) is 12.5 Å². The van der Waals surface area contributed by atoms with Crippen molar-refractivity contribution in [1.82, 2.24) is 5.32 Å². The first-order chi connectivity index (χ1) is 9.93. The lowest BCUT2D eigenvalue weighted by Crippen LogP contribution is -2.41. The zero-order valence-electron chi connectivity index (χ0n) is 12.4. The number of nitrogens with one attached hydrogen (secondary N) is 1. The smallest absolute Gasteiger partial charge is 0.220 e. The first kappa shape index (κ1) is 18.3. The lowest BCUT2D eigenvalue weighted by Gasteiger charge is -2.23. The lowest BCUT2D eigenvalue weighted by molar-refractivity contribution is -0.122. The average molecular weight is 332 g/mol. The van der Waals surface area contributed by atoms with Gasteiger partial charge in [0.1, 0.15) is 0 Å². The van der Waals surface area contributed by atoms with Gasteiger partial charge < -0.3 is 15.2 Å². The fourth-order valence-corrected chi connectivity index (χ4v) is 2.56. The van der Waals surface area contributed by atoms with Gasteiger partial charge in [0.2, 0.25) is 5.91 Å². The van der Waals surface area contributed by atoms with Gasteiger partial charge >= 0.3 is 0 Å². The number of amides is 1. The molecular formula is C15H22ClNO3S. The summed E-state index contributed by atoms with van der Waals surface area (Å²) in [5.41, 5.74) is -0.936. The Bertz CT molecular complexity index is 437. The topological polar surface area (TPSA) is 58.6 Å². The minimum Gasteiger partial charge on any atom is -0.388 e. The molecule has 0 aliphatic heterocycles. The van der Waals surface area contributed by atoms with Crippen molar-refractivity contribution in [2.75, 3.05) is 26.0 Å². The minimum atomic E-state index is -0.936. The van der Waals surface area contributed by atoms with Crippen molar-refractivity contribution >= 4 is 29.3 Å². The monoisotopic (exact) mass is 331 g/mol. The van der Waals surface area contributed by atoms with Crippen LogP contribution in [0.1, 0.15) is 19.8 Å². The van der Waals surface area contributed by atoms with Crippen molar-refractivity contribution in [3.63, 3.8) is 0 Å². The molecule has 0 fully saturated rings. The van der Waals surface area contributed by atoms with Crippen LogP contribution in [-0.2, 0) is 9.53 Å². The Balaban J connectivity index is 2.20. The highest BCUT2D eigenvalue weighted by Crippen LogP contribution is 2.20. The van der Waals surface area contributed by atoms with Gasteiger partial charge in [-0.2, -0.15) is 0 Å². The van der Waals surface area contributed by atoms with E-state index in [4.69, 9.17) is 16.3 Å². The summed E-state index contributed by atoms with van der Waals surface area (Å²) in [6.07, 6.45) is 0.900. The van der Waals surface area contributed by atoms with Gasteiger partial charge in [-0.25, -0.2) is 0 Å². The number of methoxy groups -OCH3 is 1. The molecule has 4 nitrogen and oxygen atoms in total. The van der Waals surface area contributed by atoms with Gasteiger partial charge in [0, 0.05) is 48.8 Å². The largest absolute Gasteiger partial charge is 0.388 e. The number of thioether (sulfide) groups is 1. The second-order valence-corrected chi connectivity index (χ2v) is 6.67. The van der Waals surface area contributed by atoms with Crippen LogP contribution in [0.5, 0.6) is 0 Å². The zero-order valence-corrected chi connectivity index (χ0v) is 14.0. The Morgan fingerprint density at radius 2 is 2.10 bits per heavy atom. The van der Waals surface area contributed by atoms with Crippen molar-refractivity contribution in [1.29, 1.82) is 0 Å². The molecule has 0 bridgehead atoms. The molecule has 118 valence electrons. The summed E-state index contributed by atoms with van der Waals surface area (Å²) in [4.78, 5) is 12.8. The number of ether oxygens (including phenoxy) is 1. The molecular weight excluding hydrogens is 310 g/mol. The van der Waals surface area contributed by atoms with Gasteiger partial charge in [0.25, 0.3) is 0 Å². The van der Waals surface area contributed by atoms with Crippen LogP contribution in [0.15, 0.2) is 29.2 Å². The van der Waals surface area contributed by atoms with Crippen LogP contribution in [0.25, 0.3) is 0 Å². The molecule has 1 atom stereocenters. The molecule has 1 aromatic carbocycles.